The van der Waals surface area contributed by atoms with Crippen LogP contribution in [0.2, 0.25) is 0 Å². The number of imide groups is 1. The Bertz CT molecular complexity index is 580. The number of benzene rings is 1. The van der Waals surface area contributed by atoms with Gasteiger partial charge in [0.25, 0.3) is 0 Å². The average Bonchev–Trinajstić information content (AvgIpc) is 2.39. The van der Waals surface area contributed by atoms with Gasteiger partial charge in [-0.3, -0.25) is 14.9 Å². The molecule has 6 heteroatoms. The van der Waals surface area contributed by atoms with Crippen molar-refractivity contribution in [2.75, 3.05) is 0 Å². The topological polar surface area (TPSA) is 93.8 Å². The lowest BCUT2D eigenvalue weighted by Crippen LogP contribution is -2.49. The van der Waals surface area contributed by atoms with Crippen LogP contribution < -0.4 is 5.32 Å². The molecule has 2 unspecified atom stereocenters. The van der Waals surface area contributed by atoms with Gasteiger partial charge in [0.1, 0.15) is 17.7 Å². The summed E-state index contributed by atoms with van der Waals surface area (Å²) in [6.07, 6.45) is 0. The van der Waals surface area contributed by atoms with E-state index < -0.39 is 35.4 Å². The van der Waals surface area contributed by atoms with Crippen LogP contribution in [0, 0.1) is 40.3 Å². The Morgan fingerprint density at radius 3 is 1.89 bits per heavy atom. The summed E-state index contributed by atoms with van der Waals surface area (Å²) in [6.45, 7) is 0. The monoisotopic (exact) mass is 257 g/mol. The first-order chi connectivity index (χ1) is 9.08. The molecule has 1 aromatic carbocycles. The number of piperidine rings is 1. The molecule has 2 amide bonds. The van der Waals surface area contributed by atoms with Gasteiger partial charge < -0.3 is 0 Å². The summed E-state index contributed by atoms with van der Waals surface area (Å²) in [7, 11) is 0. The molecule has 19 heavy (non-hydrogen) atoms. The van der Waals surface area contributed by atoms with Gasteiger partial charge in [-0.25, -0.2) is 4.39 Å². The van der Waals surface area contributed by atoms with Crippen molar-refractivity contribution < 1.29 is 14.0 Å². The first-order valence-corrected chi connectivity index (χ1v) is 5.48. The zero-order valence-corrected chi connectivity index (χ0v) is 9.63. The maximum atomic E-state index is 12.9. The van der Waals surface area contributed by atoms with Gasteiger partial charge in [0.2, 0.25) is 11.8 Å². The molecule has 1 aliphatic rings. The summed E-state index contributed by atoms with van der Waals surface area (Å²) in [5.74, 6) is -5.10. The summed E-state index contributed by atoms with van der Waals surface area (Å²) >= 11 is 0. The first-order valence-electron chi connectivity index (χ1n) is 5.48. The molecule has 1 fully saturated rings. The van der Waals surface area contributed by atoms with Gasteiger partial charge in [-0.15, -0.1) is 0 Å². The molecule has 0 radical (unpaired) electrons. The van der Waals surface area contributed by atoms with Gasteiger partial charge >= 0.3 is 0 Å². The molecule has 1 saturated heterocycles. The van der Waals surface area contributed by atoms with Crippen LogP contribution in [-0.2, 0) is 9.59 Å². The van der Waals surface area contributed by atoms with Crippen molar-refractivity contribution >= 4 is 11.8 Å². The Kier molecular flexibility index (Phi) is 3.26. The number of hydrogen-bond acceptors (Lipinski definition) is 4. The molecule has 1 N–H and O–H groups in total. The molecule has 5 nitrogen and oxygen atoms in total. The van der Waals surface area contributed by atoms with E-state index in [1.807, 2.05) is 5.32 Å². The summed E-state index contributed by atoms with van der Waals surface area (Å²) in [5, 5.41) is 20.1. The van der Waals surface area contributed by atoms with Gasteiger partial charge in [-0.05, 0) is 17.7 Å². The third-order valence-electron chi connectivity index (χ3n) is 3.06. The minimum atomic E-state index is -1.15. The first kappa shape index (κ1) is 12.7. The highest BCUT2D eigenvalue weighted by Crippen LogP contribution is 2.35. The number of nitriles is 2. The van der Waals surface area contributed by atoms with Crippen molar-refractivity contribution in [3.63, 3.8) is 0 Å². The third-order valence-corrected chi connectivity index (χ3v) is 3.06. The maximum absolute atomic E-state index is 12.9. The van der Waals surface area contributed by atoms with Crippen LogP contribution in [0.1, 0.15) is 11.5 Å². The largest absolute Gasteiger partial charge is 0.294 e. The van der Waals surface area contributed by atoms with Crippen LogP contribution in [0.5, 0.6) is 0 Å². The molecule has 0 spiro atoms. The summed E-state index contributed by atoms with van der Waals surface area (Å²) in [5.41, 5.74) is 0.419. The SMILES string of the molecule is N#CC1C(=O)NC(=O)C(C#N)C1c1ccc(F)cc1. The number of nitrogens with zero attached hydrogens (tertiary/aromatic N) is 2. The van der Waals surface area contributed by atoms with E-state index in [0.717, 1.165) is 12.1 Å². The molecule has 1 aromatic rings. The minimum Gasteiger partial charge on any atom is -0.294 e. The molecule has 2 rings (SSSR count). The van der Waals surface area contributed by atoms with Gasteiger partial charge in [0.15, 0.2) is 0 Å². The highest BCUT2D eigenvalue weighted by Gasteiger charge is 2.45. The predicted molar refractivity (Wildman–Crippen MR) is 60.5 cm³/mol. The van der Waals surface area contributed by atoms with E-state index in [1.54, 1.807) is 12.1 Å². The molecule has 0 saturated carbocycles. The second kappa shape index (κ2) is 4.87. The molecular formula is C13H8FN3O2. The number of nitrogens with one attached hydrogen (secondary N) is 1. The number of carbonyl (C=O) groups excluding carboxylic acids is 2. The third kappa shape index (κ3) is 2.16. The minimum absolute atomic E-state index is 0.419. The fourth-order valence-electron chi connectivity index (χ4n) is 2.14. The Morgan fingerprint density at radius 2 is 1.47 bits per heavy atom. The standard InChI is InChI=1S/C13H8FN3O2/c14-8-3-1-7(2-4-8)11-9(5-15)12(18)17-13(19)10(11)6-16/h1-4,9-11H,(H,17,18,19). The van der Waals surface area contributed by atoms with Crippen LogP contribution >= 0.6 is 0 Å². The Hall–Kier alpha value is -2.73. The quantitative estimate of drug-likeness (QED) is 0.754. The second-order valence-corrected chi connectivity index (χ2v) is 4.14. The molecule has 94 valence electrons. The lowest BCUT2D eigenvalue weighted by molar-refractivity contribution is -0.137. The van der Waals surface area contributed by atoms with Crippen molar-refractivity contribution in [3.8, 4) is 12.1 Å². The smallest absolute Gasteiger partial charge is 0.244 e. The molecule has 0 bridgehead atoms. The number of amides is 2. The van der Waals surface area contributed by atoms with Crippen molar-refractivity contribution in [1.82, 2.24) is 5.32 Å². The lowest BCUT2D eigenvalue weighted by Gasteiger charge is -2.29. The van der Waals surface area contributed by atoms with Gasteiger partial charge in [0, 0.05) is 5.92 Å². The van der Waals surface area contributed by atoms with Crippen LogP contribution in [0.25, 0.3) is 0 Å². The van der Waals surface area contributed by atoms with E-state index in [0.29, 0.717) is 5.56 Å². The van der Waals surface area contributed by atoms with Crippen molar-refractivity contribution in [2.45, 2.75) is 5.92 Å². The van der Waals surface area contributed by atoms with E-state index in [9.17, 15) is 14.0 Å². The predicted octanol–water partition coefficient (Wildman–Crippen LogP) is 0.845. The normalized spacial score (nSPS) is 26.2. The van der Waals surface area contributed by atoms with Crippen molar-refractivity contribution in [2.24, 2.45) is 11.8 Å². The number of hydrogen-bond donors (Lipinski definition) is 1. The lowest BCUT2D eigenvalue weighted by atomic mass is 9.74. The van der Waals surface area contributed by atoms with E-state index in [-0.39, 0.29) is 0 Å². The van der Waals surface area contributed by atoms with Crippen LogP contribution in [0.3, 0.4) is 0 Å². The van der Waals surface area contributed by atoms with Crippen molar-refractivity contribution in [3.05, 3.63) is 35.6 Å². The fourth-order valence-corrected chi connectivity index (χ4v) is 2.14. The second-order valence-electron chi connectivity index (χ2n) is 4.14. The summed E-state index contributed by atoms with van der Waals surface area (Å²) in [4.78, 5) is 23.2. The molecule has 0 aliphatic carbocycles. The zero-order valence-electron chi connectivity index (χ0n) is 9.63. The molecule has 1 aliphatic heterocycles. The van der Waals surface area contributed by atoms with Crippen LogP contribution in [0.4, 0.5) is 4.39 Å². The van der Waals surface area contributed by atoms with E-state index in [1.165, 1.54) is 12.1 Å². The van der Waals surface area contributed by atoms with Gasteiger partial charge in [-0.1, -0.05) is 12.1 Å². The average molecular weight is 257 g/mol. The Balaban J connectivity index is 2.50. The highest BCUT2D eigenvalue weighted by atomic mass is 19.1. The van der Waals surface area contributed by atoms with Crippen molar-refractivity contribution in [1.29, 1.82) is 10.5 Å². The van der Waals surface area contributed by atoms with Crippen LogP contribution in [-0.4, -0.2) is 11.8 Å². The molecule has 1 heterocycles. The Morgan fingerprint density at radius 1 is 1.00 bits per heavy atom. The molecular weight excluding hydrogens is 249 g/mol. The maximum Gasteiger partial charge on any atom is 0.244 e. The number of carbonyl (C=O) groups is 2. The molecule has 0 aromatic heterocycles. The summed E-state index contributed by atoms with van der Waals surface area (Å²) < 4.78 is 12.9. The van der Waals surface area contributed by atoms with Gasteiger partial charge in [0.05, 0.1) is 12.1 Å². The van der Waals surface area contributed by atoms with E-state index in [2.05, 4.69) is 0 Å². The summed E-state index contributed by atoms with van der Waals surface area (Å²) in [6, 6.07) is 8.66. The number of halogens is 1. The zero-order chi connectivity index (χ0) is 14.0. The van der Waals surface area contributed by atoms with E-state index >= 15 is 0 Å². The highest BCUT2D eigenvalue weighted by molar-refractivity contribution is 6.03. The van der Waals surface area contributed by atoms with Crippen LogP contribution in [0.15, 0.2) is 24.3 Å². The fraction of sp³-hybridized carbons (Fsp3) is 0.231. The Labute approximate surface area is 108 Å². The van der Waals surface area contributed by atoms with E-state index in [4.69, 9.17) is 10.5 Å². The van der Waals surface area contributed by atoms with Gasteiger partial charge in [-0.2, -0.15) is 10.5 Å². The number of rotatable bonds is 1. The molecule has 2 atom stereocenters.